The lowest BCUT2D eigenvalue weighted by Gasteiger charge is -2.34. The third-order valence-electron chi connectivity index (χ3n) is 8.29. The van der Waals surface area contributed by atoms with Crippen molar-refractivity contribution in [2.75, 3.05) is 25.1 Å². The molecule has 2 amide bonds. The van der Waals surface area contributed by atoms with Crippen molar-refractivity contribution in [2.45, 2.75) is 64.1 Å². The van der Waals surface area contributed by atoms with E-state index in [9.17, 15) is 18.0 Å². The number of methoxy groups -OCH3 is 2. The summed E-state index contributed by atoms with van der Waals surface area (Å²) in [4.78, 5) is 30.1. The van der Waals surface area contributed by atoms with Gasteiger partial charge in [-0.05, 0) is 79.8 Å². The highest BCUT2D eigenvalue weighted by Crippen LogP contribution is 2.33. The maximum atomic E-state index is 14.8. The first-order valence-corrected chi connectivity index (χ1v) is 17.9. The van der Waals surface area contributed by atoms with Crippen LogP contribution in [0.5, 0.6) is 11.5 Å². The molecule has 0 spiro atoms. The number of benzene rings is 4. The summed E-state index contributed by atoms with van der Waals surface area (Å²) in [6.45, 7) is 6.96. The van der Waals surface area contributed by atoms with E-state index in [-0.39, 0.29) is 35.6 Å². The van der Waals surface area contributed by atoms with Crippen LogP contribution in [0.25, 0.3) is 0 Å². The van der Waals surface area contributed by atoms with Crippen molar-refractivity contribution in [3.8, 4) is 11.5 Å². The van der Waals surface area contributed by atoms with Gasteiger partial charge in [-0.15, -0.1) is 0 Å². The van der Waals surface area contributed by atoms with E-state index in [4.69, 9.17) is 21.1 Å². The Bertz CT molecular complexity index is 1850. The molecule has 0 aromatic heterocycles. The number of hydrogen-bond donors (Lipinski definition) is 1. The fourth-order valence-corrected chi connectivity index (χ4v) is 7.14. The monoisotopic (exact) mass is 705 g/mol. The van der Waals surface area contributed by atoms with Gasteiger partial charge in [0.25, 0.3) is 10.0 Å². The molecular weight excluding hydrogens is 662 g/mol. The highest BCUT2D eigenvalue weighted by atomic mass is 35.5. The Kier molecular flexibility index (Phi) is 12.7. The molecule has 11 heteroatoms. The Hall–Kier alpha value is -4.54. The number of rotatable bonds is 15. The van der Waals surface area contributed by atoms with Gasteiger partial charge in [-0.2, -0.15) is 0 Å². The SMILES string of the molecule is CC[C@@H](C)NC(=O)[C@@H](Cc1ccccc1)N(Cc1ccccc1Cl)C(=O)CN(c1cc(C)cc(C)c1)S(=O)(=O)c1ccc(OC)c(OC)c1. The predicted octanol–water partition coefficient (Wildman–Crippen LogP) is 6.72. The highest BCUT2D eigenvalue weighted by molar-refractivity contribution is 7.92. The van der Waals surface area contributed by atoms with Gasteiger partial charge >= 0.3 is 0 Å². The second-order valence-corrected chi connectivity index (χ2v) is 14.3. The standard InChI is InChI=1S/C38H44ClN3O6S/c1-7-28(4)40-38(44)34(22-29-13-9-8-10-14-29)41(24-30-15-11-12-16-33(30)39)37(43)25-42(31-20-26(2)19-27(3)21-31)49(45,46)32-17-18-35(47-5)36(23-32)48-6/h8-21,23,28,34H,7,22,24-25H2,1-6H3,(H,40,44)/t28-,34-/m1/s1. The first-order chi connectivity index (χ1) is 23.4. The molecule has 0 radical (unpaired) electrons. The molecule has 0 saturated heterocycles. The molecule has 0 aliphatic heterocycles. The molecule has 0 aliphatic rings. The summed E-state index contributed by atoms with van der Waals surface area (Å²) in [5.74, 6) is -0.347. The van der Waals surface area contributed by atoms with E-state index >= 15 is 0 Å². The minimum Gasteiger partial charge on any atom is -0.493 e. The summed E-state index contributed by atoms with van der Waals surface area (Å²) in [7, 11) is -1.48. The van der Waals surface area contributed by atoms with Gasteiger partial charge in [0.1, 0.15) is 12.6 Å². The van der Waals surface area contributed by atoms with Crippen LogP contribution in [-0.2, 0) is 32.6 Å². The smallest absolute Gasteiger partial charge is 0.264 e. The quantitative estimate of drug-likeness (QED) is 0.147. The van der Waals surface area contributed by atoms with Gasteiger partial charge in [-0.3, -0.25) is 13.9 Å². The molecule has 0 aliphatic carbocycles. The van der Waals surface area contributed by atoms with Crippen molar-refractivity contribution in [3.63, 3.8) is 0 Å². The minimum atomic E-state index is -4.36. The summed E-state index contributed by atoms with van der Waals surface area (Å²) < 4.78 is 40.9. The van der Waals surface area contributed by atoms with Crippen molar-refractivity contribution in [3.05, 3.63) is 118 Å². The zero-order chi connectivity index (χ0) is 35.7. The number of ether oxygens (including phenoxy) is 2. The number of hydrogen-bond acceptors (Lipinski definition) is 6. The van der Waals surface area contributed by atoms with Crippen molar-refractivity contribution < 1.29 is 27.5 Å². The Morgan fingerprint density at radius 3 is 2.10 bits per heavy atom. The van der Waals surface area contributed by atoms with Crippen LogP contribution >= 0.6 is 11.6 Å². The number of nitrogens with one attached hydrogen (secondary N) is 1. The Morgan fingerprint density at radius 1 is 0.857 bits per heavy atom. The van der Waals surface area contributed by atoms with Crippen molar-refractivity contribution in [2.24, 2.45) is 0 Å². The van der Waals surface area contributed by atoms with E-state index in [1.54, 1.807) is 36.4 Å². The number of aryl methyl sites for hydroxylation is 2. The van der Waals surface area contributed by atoms with Gasteiger partial charge < -0.3 is 19.7 Å². The Morgan fingerprint density at radius 2 is 1.49 bits per heavy atom. The number of amides is 2. The van der Waals surface area contributed by atoms with Crippen molar-refractivity contribution >= 4 is 39.1 Å². The molecule has 0 heterocycles. The van der Waals surface area contributed by atoms with Crippen LogP contribution in [0.2, 0.25) is 5.02 Å². The summed E-state index contributed by atoms with van der Waals surface area (Å²) >= 11 is 6.60. The molecule has 2 atom stereocenters. The van der Waals surface area contributed by atoms with Crippen LogP contribution in [0.1, 0.15) is 42.5 Å². The average Bonchev–Trinajstić information content (AvgIpc) is 3.08. The van der Waals surface area contributed by atoms with E-state index in [0.717, 1.165) is 21.0 Å². The number of halogens is 1. The molecule has 4 rings (SSSR count). The van der Waals surface area contributed by atoms with Gasteiger partial charge in [0.15, 0.2) is 11.5 Å². The molecule has 49 heavy (non-hydrogen) atoms. The largest absolute Gasteiger partial charge is 0.493 e. The zero-order valence-corrected chi connectivity index (χ0v) is 30.3. The van der Waals surface area contributed by atoms with Crippen LogP contribution < -0.4 is 19.1 Å². The van der Waals surface area contributed by atoms with Crippen LogP contribution in [-0.4, -0.2) is 58.0 Å². The lowest BCUT2D eigenvalue weighted by Crippen LogP contribution is -2.54. The summed E-state index contributed by atoms with van der Waals surface area (Å²) in [5, 5.41) is 3.46. The Balaban J connectivity index is 1.87. The summed E-state index contributed by atoms with van der Waals surface area (Å²) in [6, 6.07) is 25.0. The minimum absolute atomic E-state index is 0.0268. The lowest BCUT2D eigenvalue weighted by molar-refractivity contribution is -0.140. The van der Waals surface area contributed by atoms with Gasteiger partial charge in [-0.1, -0.05) is 73.1 Å². The number of anilines is 1. The highest BCUT2D eigenvalue weighted by Gasteiger charge is 2.35. The summed E-state index contributed by atoms with van der Waals surface area (Å²) in [5.41, 5.74) is 3.40. The normalized spacial score (nSPS) is 12.5. The van der Waals surface area contributed by atoms with E-state index in [1.807, 2.05) is 64.1 Å². The van der Waals surface area contributed by atoms with Gasteiger partial charge in [0.2, 0.25) is 11.8 Å². The molecule has 1 N–H and O–H groups in total. The molecule has 0 saturated carbocycles. The maximum Gasteiger partial charge on any atom is 0.264 e. The lowest BCUT2D eigenvalue weighted by atomic mass is 10.0. The third kappa shape index (κ3) is 9.33. The molecular formula is C38H44ClN3O6S. The van der Waals surface area contributed by atoms with E-state index in [1.165, 1.54) is 37.3 Å². The third-order valence-corrected chi connectivity index (χ3v) is 10.4. The molecule has 4 aromatic carbocycles. The van der Waals surface area contributed by atoms with Gasteiger partial charge in [-0.25, -0.2) is 8.42 Å². The van der Waals surface area contributed by atoms with E-state index in [0.29, 0.717) is 28.4 Å². The first kappa shape index (κ1) is 37.3. The number of carbonyl (C=O) groups is 2. The topological polar surface area (TPSA) is 105 Å². The first-order valence-electron chi connectivity index (χ1n) is 16.1. The van der Waals surface area contributed by atoms with Crippen molar-refractivity contribution in [1.82, 2.24) is 10.2 Å². The fraction of sp³-hybridized carbons (Fsp3) is 0.316. The predicted molar refractivity (Wildman–Crippen MR) is 194 cm³/mol. The van der Waals surface area contributed by atoms with Gasteiger partial charge in [0, 0.05) is 30.1 Å². The van der Waals surface area contributed by atoms with Crippen LogP contribution in [0, 0.1) is 13.8 Å². The maximum absolute atomic E-state index is 14.8. The van der Waals surface area contributed by atoms with Crippen molar-refractivity contribution in [1.29, 1.82) is 0 Å². The molecule has 9 nitrogen and oxygen atoms in total. The molecule has 0 unspecified atom stereocenters. The van der Waals surface area contributed by atoms with Crippen LogP contribution in [0.4, 0.5) is 5.69 Å². The molecule has 0 fully saturated rings. The fourth-order valence-electron chi connectivity index (χ4n) is 5.53. The zero-order valence-electron chi connectivity index (χ0n) is 28.8. The molecule has 0 bridgehead atoms. The molecule has 4 aromatic rings. The second-order valence-electron chi connectivity index (χ2n) is 12.0. The number of nitrogens with zero attached hydrogens (tertiary/aromatic N) is 2. The Labute approximate surface area is 294 Å². The summed E-state index contributed by atoms with van der Waals surface area (Å²) in [6.07, 6.45) is 0.887. The van der Waals surface area contributed by atoms with Crippen LogP contribution in [0.3, 0.4) is 0 Å². The number of sulfonamides is 1. The van der Waals surface area contributed by atoms with Crippen LogP contribution in [0.15, 0.2) is 95.9 Å². The number of carbonyl (C=O) groups excluding carboxylic acids is 2. The molecule has 260 valence electrons. The second kappa shape index (κ2) is 16.7. The van der Waals surface area contributed by atoms with E-state index in [2.05, 4.69) is 5.32 Å². The average molecular weight is 706 g/mol. The van der Waals surface area contributed by atoms with E-state index < -0.39 is 28.5 Å². The van der Waals surface area contributed by atoms with Gasteiger partial charge in [0.05, 0.1) is 24.8 Å².